The number of nitro benzene ring substituents is 1. The molecule has 2 N–H and O–H groups in total. The van der Waals surface area contributed by atoms with Crippen LogP contribution in [0, 0.1) is 16.0 Å². The average Bonchev–Trinajstić information content (AvgIpc) is 2.76. The van der Waals surface area contributed by atoms with Gasteiger partial charge in [0, 0.05) is 36.8 Å². The van der Waals surface area contributed by atoms with Gasteiger partial charge in [0.2, 0.25) is 5.91 Å². The second kappa shape index (κ2) is 9.78. The van der Waals surface area contributed by atoms with Gasteiger partial charge in [-0.25, -0.2) is 0 Å². The first kappa shape index (κ1) is 22.6. The van der Waals surface area contributed by atoms with Crippen LogP contribution in [-0.2, 0) is 4.79 Å². The number of amides is 2. The van der Waals surface area contributed by atoms with Crippen LogP contribution < -0.4 is 15.5 Å². The first-order valence-corrected chi connectivity index (χ1v) is 10.6. The van der Waals surface area contributed by atoms with Crippen molar-refractivity contribution in [2.75, 3.05) is 28.6 Å². The first-order chi connectivity index (χ1) is 14.8. The Kier molecular flexibility index (Phi) is 7.12. The predicted octanol–water partition coefficient (Wildman–Crippen LogP) is 5.09. The number of nitrogens with one attached hydrogen (secondary N) is 2. The van der Waals surface area contributed by atoms with Crippen LogP contribution in [-0.4, -0.2) is 29.8 Å². The minimum atomic E-state index is -0.525. The van der Waals surface area contributed by atoms with Crippen molar-refractivity contribution in [2.24, 2.45) is 5.92 Å². The summed E-state index contributed by atoms with van der Waals surface area (Å²) in [6.45, 7) is 5.40. The van der Waals surface area contributed by atoms with E-state index >= 15 is 0 Å². The number of nitrogens with zero attached hydrogens (tertiary/aromatic N) is 2. The lowest BCUT2D eigenvalue weighted by atomic mass is 9.98. The van der Waals surface area contributed by atoms with E-state index in [1.807, 2.05) is 4.90 Å². The molecule has 1 fully saturated rings. The number of carbonyl (C=O) groups excluding carboxylic acids is 2. The third-order valence-electron chi connectivity index (χ3n) is 5.38. The number of carbonyl (C=O) groups is 2. The molecule has 2 amide bonds. The van der Waals surface area contributed by atoms with Crippen LogP contribution in [0.25, 0.3) is 0 Å². The standard InChI is InChI=1S/C22H25ClN4O4/c1-3-21(28)24-16-5-6-17(23)18(13-16)25-22(29)15-4-7-19(20(12-15)27(30)31)26-10-8-14(2)9-11-26/h4-7,12-14H,3,8-11H2,1-2H3,(H,24,28)(H,25,29). The second-order valence-electron chi connectivity index (χ2n) is 7.68. The highest BCUT2D eigenvalue weighted by atomic mass is 35.5. The Morgan fingerprint density at radius 3 is 2.52 bits per heavy atom. The minimum Gasteiger partial charge on any atom is -0.366 e. The first-order valence-electron chi connectivity index (χ1n) is 10.2. The Hall–Kier alpha value is -3.13. The van der Waals surface area contributed by atoms with Crippen LogP contribution >= 0.6 is 11.6 Å². The van der Waals surface area contributed by atoms with E-state index in [-0.39, 0.29) is 22.2 Å². The molecule has 3 rings (SSSR count). The number of benzene rings is 2. The molecule has 31 heavy (non-hydrogen) atoms. The molecule has 0 saturated carbocycles. The van der Waals surface area contributed by atoms with E-state index < -0.39 is 10.8 Å². The number of hydrogen-bond acceptors (Lipinski definition) is 5. The van der Waals surface area contributed by atoms with Gasteiger partial charge in [0.1, 0.15) is 5.69 Å². The highest BCUT2D eigenvalue weighted by molar-refractivity contribution is 6.34. The molecule has 0 bridgehead atoms. The largest absolute Gasteiger partial charge is 0.366 e. The molecular formula is C22H25ClN4O4. The van der Waals surface area contributed by atoms with Gasteiger partial charge in [0.05, 0.1) is 15.6 Å². The molecule has 0 radical (unpaired) electrons. The summed E-state index contributed by atoms with van der Waals surface area (Å²) < 4.78 is 0. The van der Waals surface area contributed by atoms with Crippen LogP contribution in [0.5, 0.6) is 0 Å². The van der Waals surface area contributed by atoms with Gasteiger partial charge >= 0.3 is 0 Å². The smallest absolute Gasteiger partial charge is 0.293 e. The summed E-state index contributed by atoms with van der Waals surface area (Å²) in [5, 5.41) is 17.3. The number of piperidine rings is 1. The maximum atomic E-state index is 12.8. The second-order valence-corrected chi connectivity index (χ2v) is 8.09. The van der Waals surface area contributed by atoms with Crippen LogP contribution in [0.15, 0.2) is 36.4 Å². The number of hydrogen-bond donors (Lipinski definition) is 2. The van der Waals surface area contributed by atoms with E-state index in [1.165, 1.54) is 6.07 Å². The number of nitro groups is 1. The van der Waals surface area contributed by atoms with Gasteiger partial charge < -0.3 is 15.5 Å². The average molecular weight is 445 g/mol. The topological polar surface area (TPSA) is 105 Å². The van der Waals surface area contributed by atoms with Crippen LogP contribution in [0.2, 0.25) is 5.02 Å². The summed E-state index contributed by atoms with van der Waals surface area (Å²) in [6, 6.07) is 9.23. The van der Waals surface area contributed by atoms with E-state index in [0.29, 0.717) is 29.4 Å². The van der Waals surface area contributed by atoms with Crippen molar-refractivity contribution in [3.63, 3.8) is 0 Å². The maximum absolute atomic E-state index is 12.8. The summed E-state index contributed by atoms with van der Waals surface area (Å²) >= 11 is 6.18. The third-order valence-corrected chi connectivity index (χ3v) is 5.71. The molecule has 0 aliphatic carbocycles. The molecular weight excluding hydrogens is 420 g/mol. The summed E-state index contributed by atoms with van der Waals surface area (Å²) in [7, 11) is 0. The maximum Gasteiger partial charge on any atom is 0.293 e. The SMILES string of the molecule is CCC(=O)Nc1ccc(Cl)c(NC(=O)c2ccc(N3CCC(C)CC3)c([N+](=O)[O-])c2)c1. The number of anilines is 3. The highest BCUT2D eigenvalue weighted by Gasteiger charge is 2.25. The fraction of sp³-hybridized carbons (Fsp3) is 0.364. The zero-order chi connectivity index (χ0) is 22.5. The Morgan fingerprint density at radius 2 is 1.87 bits per heavy atom. The van der Waals surface area contributed by atoms with Crippen molar-refractivity contribution >= 4 is 46.2 Å². The molecule has 0 unspecified atom stereocenters. The van der Waals surface area contributed by atoms with Gasteiger partial charge in [-0.15, -0.1) is 0 Å². The van der Waals surface area contributed by atoms with Gasteiger partial charge in [-0.05, 0) is 49.1 Å². The minimum absolute atomic E-state index is 0.0998. The van der Waals surface area contributed by atoms with Crippen molar-refractivity contribution in [3.8, 4) is 0 Å². The predicted molar refractivity (Wildman–Crippen MR) is 122 cm³/mol. The molecule has 1 aliphatic heterocycles. The quantitative estimate of drug-likeness (QED) is 0.477. The summed E-state index contributed by atoms with van der Waals surface area (Å²) in [5.74, 6) is -0.0938. The Bertz CT molecular complexity index is 1000. The van der Waals surface area contributed by atoms with E-state index in [9.17, 15) is 19.7 Å². The van der Waals surface area contributed by atoms with Crippen molar-refractivity contribution in [1.29, 1.82) is 0 Å². The van der Waals surface area contributed by atoms with Gasteiger partial charge in [0.15, 0.2) is 0 Å². The fourth-order valence-electron chi connectivity index (χ4n) is 3.47. The van der Waals surface area contributed by atoms with Crippen molar-refractivity contribution < 1.29 is 14.5 Å². The summed E-state index contributed by atoms with van der Waals surface area (Å²) in [4.78, 5) is 37.6. The molecule has 1 saturated heterocycles. The van der Waals surface area contributed by atoms with Crippen molar-refractivity contribution in [3.05, 3.63) is 57.1 Å². The molecule has 9 heteroatoms. The fourth-order valence-corrected chi connectivity index (χ4v) is 3.64. The zero-order valence-electron chi connectivity index (χ0n) is 17.5. The van der Waals surface area contributed by atoms with E-state index in [1.54, 1.807) is 37.3 Å². The Balaban J connectivity index is 1.82. The molecule has 8 nitrogen and oxygen atoms in total. The Morgan fingerprint density at radius 1 is 1.16 bits per heavy atom. The van der Waals surface area contributed by atoms with Crippen LogP contribution in [0.3, 0.4) is 0 Å². The molecule has 0 atom stereocenters. The van der Waals surface area contributed by atoms with E-state index in [0.717, 1.165) is 25.9 Å². The van der Waals surface area contributed by atoms with Crippen LogP contribution in [0.4, 0.5) is 22.7 Å². The Labute approximate surface area is 185 Å². The lowest BCUT2D eigenvalue weighted by Crippen LogP contribution is -2.33. The van der Waals surface area contributed by atoms with Crippen LogP contribution in [0.1, 0.15) is 43.5 Å². The molecule has 1 aliphatic rings. The summed E-state index contributed by atoms with van der Waals surface area (Å²) in [6.07, 6.45) is 2.27. The molecule has 1 heterocycles. The molecule has 164 valence electrons. The third kappa shape index (κ3) is 5.52. The molecule has 0 spiro atoms. The lowest BCUT2D eigenvalue weighted by Gasteiger charge is -2.31. The lowest BCUT2D eigenvalue weighted by molar-refractivity contribution is -0.384. The van der Waals surface area contributed by atoms with Gasteiger partial charge in [-0.2, -0.15) is 0 Å². The molecule has 2 aromatic rings. The van der Waals surface area contributed by atoms with Crippen molar-refractivity contribution in [2.45, 2.75) is 33.1 Å². The van der Waals surface area contributed by atoms with Crippen molar-refractivity contribution in [1.82, 2.24) is 0 Å². The number of halogens is 1. The zero-order valence-corrected chi connectivity index (χ0v) is 18.2. The molecule has 2 aromatic carbocycles. The van der Waals surface area contributed by atoms with E-state index in [2.05, 4.69) is 17.6 Å². The normalized spacial score (nSPS) is 14.2. The van der Waals surface area contributed by atoms with Gasteiger partial charge in [0.25, 0.3) is 11.6 Å². The molecule has 0 aromatic heterocycles. The van der Waals surface area contributed by atoms with E-state index in [4.69, 9.17) is 11.6 Å². The highest BCUT2D eigenvalue weighted by Crippen LogP contribution is 2.33. The monoisotopic (exact) mass is 444 g/mol. The van der Waals surface area contributed by atoms with Gasteiger partial charge in [-0.1, -0.05) is 25.4 Å². The number of rotatable bonds is 6. The van der Waals surface area contributed by atoms with Gasteiger partial charge in [-0.3, -0.25) is 19.7 Å². The summed E-state index contributed by atoms with van der Waals surface area (Å²) in [5.41, 5.74) is 1.37.